The fraction of sp³-hybridized carbons (Fsp3) is 0.562. The second-order valence-corrected chi connectivity index (χ2v) is 8.60. The Labute approximate surface area is 137 Å². The molecule has 0 unspecified atom stereocenters. The van der Waals surface area contributed by atoms with Gasteiger partial charge in [0.25, 0.3) is 0 Å². The smallest absolute Gasteiger partial charge is 0.481 e. The first-order chi connectivity index (χ1) is 10.3. The summed E-state index contributed by atoms with van der Waals surface area (Å²) in [4.78, 5) is 10.7. The van der Waals surface area contributed by atoms with Gasteiger partial charge in [-0.1, -0.05) is 12.1 Å². The van der Waals surface area contributed by atoms with E-state index in [0.717, 1.165) is 0 Å². The molecule has 0 radical (unpaired) electrons. The van der Waals surface area contributed by atoms with Crippen molar-refractivity contribution in [2.75, 3.05) is 0 Å². The Morgan fingerprint density at radius 1 is 1.00 bits per heavy atom. The van der Waals surface area contributed by atoms with Crippen LogP contribution < -0.4 is 4.52 Å². The molecule has 0 aromatic heterocycles. The van der Waals surface area contributed by atoms with Crippen LogP contribution in [0.5, 0.6) is 5.75 Å². The number of rotatable bonds is 6. The molecule has 0 aliphatic carbocycles. The first-order valence-corrected chi connectivity index (χ1v) is 8.76. The Hall–Kier alpha value is -1.36. The average molecular weight is 344 g/mol. The number of aliphatic carboxylic acids is 1. The molecule has 1 aromatic rings. The third-order valence-electron chi connectivity index (χ3n) is 2.27. The van der Waals surface area contributed by atoms with Gasteiger partial charge in [-0.05, 0) is 59.2 Å². The predicted octanol–water partition coefficient (Wildman–Crippen LogP) is 4.43. The first-order valence-electron chi connectivity index (χ1n) is 7.30. The van der Waals surface area contributed by atoms with Crippen molar-refractivity contribution in [3.05, 3.63) is 29.8 Å². The highest BCUT2D eigenvalue weighted by Gasteiger charge is 2.38. The van der Waals surface area contributed by atoms with Gasteiger partial charge in [-0.3, -0.25) is 13.8 Å². The topological polar surface area (TPSA) is 82.1 Å². The van der Waals surface area contributed by atoms with Crippen molar-refractivity contribution < 1.29 is 28.0 Å². The van der Waals surface area contributed by atoms with E-state index in [1.165, 1.54) is 0 Å². The molecule has 0 bridgehead atoms. The summed E-state index contributed by atoms with van der Waals surface area (Å²) in [7, 11) is -3.84. The summed E-state index contributed by atoms with van der Waals surface area (Å²) < 4.78 is 29.4. The second-order valence-electron chi connectivity index (χ2n) is 7.16. The molecule has 0 amide bonds. The maximum absolute atomic E-state index is 12.9. The van der Waals surface area contributed by atoms with Gasteiger partial charge in [0.1, 0.15) is 5.75 Å². The van der Waals surface area contributed by atoms with Crippen LogP contribution in [-0.4, -0.2) is 22.3 Å². The molecule has 130 valence electrons. The molecule has 0 atom stereocenters. The molecule has 7 heteroatoms. The lowest BCUT2D eigenvalue weighted by atomic mass is 10.1. The van der Waals surface area contributed by atoms with Crippen LogP contribution in [-0.2, 0) is 24.8 Å². The van der Waals surface area contributed by atoms with E-state index < -0.39 is 25.0 Å². The summed E-state index contributed by atoms with van der Waals surface area (Å²) >= 11 is 0. The number of carbonyl (C=O) groups is 1. The molecule has 6 nitrogen and oxygen atoms in total. The van der Waals surface area contributed by atoms with E-state index in [9.17, 15) is 9.36 Å². The highest BCUT2D eigenvalue weighted by Crippen LogP contribution is 2.55. The monoisotopic (exact) mass is 344 g/mol. The Morgan fingerprint density at radius 3 is 1.78 bits per heavy atom. The van der Waals surface area contributed by atoms with Gasteiger partial charge in [-0.25, -0.2) is 4.57 Å². The Kier molecular flexibility index (Phi) is 6.02. The highest BCUT2D eigenvalue weighted by molar-refractivity contribution is 7.49. The van der Waals surface area contributed by atoms with Gasteiger partial charge >= 0.3 is 13.8 Å². The lowest BCUT2D eigenvalue weighted by molar-refractivity contribution is -0.136. The van der Waals surface area contributed by atoms with Crippen molar-refractivity contribution in [1.82, 2.24) is 0 Å². The first kappa shape index (κ1) is 19.7. The maximum atomic E-state index is 12.9. The molecule has 0 aliphatic rings. The zero-order valence-electron chi connectivity index (χ0n) is 14.5. The Morgan fingerprint density at radius 2 is 1.43 bits per heavy atom. The van der Waals surface area contributed by atoms with Gasteiger partial charge < -0.3 is 9.63 Å². The minimum atomic E-state index is -3.84. The summed E-state index contributed by atoms with van der Waals surface area (Å²) in [5.74, 6) is -0.632. The summed E-state index contributed by atoms with van der Waals surface area (Å²) in [6, 6.07) is 6.29. The van der Waals surface area contributed by atoms with Gasteiger partial charge in [0.05, 0.1) is 17.6 Å². The Balaban J connectivity index is 2.96. The lowest BCUT2D eigenvalue weighted by Gasteiger charge is -2.30. The molecule has 0 heterocycles. The van der Waals surface area contributed by atoms with Crippen LogP contribution in [0.3, 0.4) is 0 Å². The molecule has 0 fully saturated rings. The molecule has 1 N–H and O–H groups in total. The van der Waals surface area contributed by atoms with Crippen molar-refractivity contribution >= 4 is 13.8 Å². The van der Waals surface area contributed by atoms with Crippen LogP contribution in [0.4, 0.5) is 0 Å². The number of benzene rings is 1. The SMILES string of the molecule is CC(C)(C)OP(=O)(Oc1ccc(CC(=O)O)cc1)OC(C)(C)C. The van der Waals surface area contributed by atoms with Crippen LogP contribution >= 0.6 is 7.82 Å². The number of carboxylic acids is 1. The van der Waals surface area contributed by atoms with Gasteiger partial charge in [-0.15, -0.1) is 0 Å². The average Bonchev–Trinajstić information content (AvgIpc) is 2.25. The summed E-state index contributed by atoms with van der Waals surface area (Å²) in [5.41, 5.74) is -0.818. The molecule has 0 saturated heterocycles. The molecule has 0 aliphatic heterocycles. The van der Waals surface area contributed by atoms with Crippen LogP contribution in [0, 0.1) is 0 Å². The standard InChI is InChI=1S/C16H25O6P/c1-15(2,3)21-23(19,22-16(4,5)6)20-13-9-7-12(8-10-13)11-14(17)18/h7-10H,11H2,1-6H3,(H,17,18). The molecule has 1 rings (SSSR count). The van der Waals surface area contributed by atoms with Crippen molar-refractivity contribution in [2.45, 2.75) is 59.2 Å². The van der Waals surface area contributed by atoms with E-state index in [4.69, 9.17) is 18.7 Å². The molecular formula is C16H25O6P. The molecule has 23 heavy (non-hydrogen) atoms. The van der Waals surface area contributed by atoms with Crippen LogP contribution in [0.2, 0.25) is 0 Å². The number of phosphoric ester groups is 1. The predicted molar refractivity (Wildman–Crippen MR) is 87.7 cm³/mol. The van der Waals surface area contributed by atoms with E-state index in [0.29, 0.717) is 5.56 Å². The largest absolute Gasteiger partial charge is 0.531 e. The van der Waals surface area contributed by atoms with Gasteiger partial charge in [0.15, 0.2) is 0 Å². The van der Waals surface area contributed by atoms with E-state index in [-0.39, 0.29) is 12.2 Å². The van der Waals surface area contributed by atoms with Crippen molar-refractivity contribution in [3.8, 4) is 5.75 Å². The quantitative estimate of drug-likeness (QED) is 0.769. The van der Waals surface area contributed by atoms with Gasteiger partial charge in [0, 0.05) is 0 Å². The lowest BCUT2D eigenvalue weighted by Crippen LogP contribution is -2.25. The minimum absolute atomic E-state index is 0.0884. The van der Waals surface area contributed by atoms with E-state index in [1.54, 1.807) is 65.8 Å². The Bertz CT molecular complexity index is 560. The third kappa shape index (κ3) is 8.16. The number of hydrogen-bond donors (Lipinski definition) is 1. The van der Waals surface area contributed by atoms with Crippen LogP contribution in [0.25, 0.3) is 0 Å². The maximum Gasteiger partial charge on any atom is 0.531 e. The zero-order valence-corrected chi connectivity index (χ0v) is 15.3. The molecule has 0 saturated carbocycles. The van der Waals surface area contributed by atoms with Crippen molar-refractivity contribution in [2.24, 2.45) is 0 Å². The van der Waals surface area contributed by atoms with E-state index in [2.05, 4.69) is 0 Å². The summed E-state index contributed by atoms with van der Waals surface area (Å²) in [6.45, 7) is 10.5. The molecule has 0 spiro atoms. The number of carboxylic acid groups (broad SMARTS) is 1. The van der Waals surface area contributed by atoms with Crippen LogP contribution in [0.1, 0.15) is 47.1 Å². The number of phosphoric acid groups is 1. The van der Waals surface area contributed by atoms with E-state index in [1.807, 2.05) is 0 Å². The summed E-state index contributed by atoms with van der Waals surface area (Å²) in [5, 5.41) is 8.76. The normalized spacial score (nSPS) is 13.0. The third-order valence-corrected chi connectivity index (χ3v) is 4.24. The summed E-state index contributed by atoms with van der Waals surface area (Å²) in [6.07, 6.45) is -0.0884. The number of hydrogen-bond acceptors (Lipinski definition) is 5. The van der Waals surface area contributed by atoms with Crippen LogP contribution in [0.15, 0.2) is 24.3 Å². The molecular weight excluding hydrogens is 319 g/mol. The van der Waals surface area contributed by atoms with E-state index >= 15 is 0 Å². The minimum Gasteiger partial charge on any atom is -0.481 e. The van der Waals surface area contributed by atoms with Crippen molar-refractivity contribution in [1.29, 1.82) is 0 Å². The molecule has 1 aromatic carbocycles. The highest BCUT2D eigenvalue weighted by atomic mass is 31.2. The fourth-order valence-electron chi connectivity index (χ4n) is 1.70. The fourth-order valence-corrected chi connectivity index (χ4v) is 3.53. The van der Waals surface area contributed by atoms with Gasteiger partial charge in [0.2, 0.25) is 0 Å². The van der Waals surface area contributed by atoms with Crippen molar-refractivity contribution in [3.63, 3.8) is 0 Å². The van der Waals surface area contributed by atoms with Gasteiger partial charge in [-0.2, -0.15) is 0 Å². The second kappa shape index (κ2) is 7.04. The zero-order chi connectivity index (χ0) is 17.9.